The zero-order valence-electron chi connectivity index (χ0n) is 7.76. The Balaban J connectivity index is 2.35. The van der Waals surface area contributed by atoms with E-state index in [-0.39, 0.29) is 5.88 Å². The van der Waals surface area contributed by atoms with E-state index in [1.807, 2.05) is 0 Å². The van der Waals surface area contributed by atoms with Crippen LogP contribution in [-0.4, -0.2) is 37.1 Å². The van der Waals surface area contributed by atoms with Crippen molar-refractivity contribution in [2.45, 2.75) is 12.2 Å². The van der Waals surface area contributed by atoms with Crippen molar-refractivity contribution in [3.05, 3.63) is 24.2 Å². The molecule has 0 saturated heterocycles. The standard InChI is InChI=1S/C9H10ClN3O2/c10-3-7(14)8(15)6-4-12-9-5(13-6)1-2-11-9/h1-2,4,7-8,14-15H,3H2,(H,11,12). The highest BCUT2D eigenvalue weighted by molar-refractivity contribution is 6.18. The van der Waals surface area contributed by atoms with Crippen molar-refractivity contribution in [3.63, 3.8) is 0 Å². The molecule has 2 rings (SSSR count). The highest BCUT2D eigenvalue weighted by Gasteiger charge is 2.19. The number of halogens is 1. The Bertz CT molecular complexity index is 459. The number of hydrogen-bond donors (Lipinski definition) is 3. The first-order chi connectivity index (χ1) is 7.22. The number of alkyl halides is 1. The van der Waals surface area contributed by atoms with E-state index in [4.69, 9.17) is 11.6 Å². The van der Waals surface area contributed by atoms with Gasteiger partial charge in [0.25, 0.3) is 0 Å². The maximum atomic E-state index is 9.64. The number of hydrogen-bond acceptors (Lipinski definition) is 4. The van der Waals surface area contributed by atoms with E-state index in [1.165, 1.54) is 6.20 Å². The van der Waals surface area contributed by atoms with Gasteiger partial charge in [0.15, 0.2) is 5.65 Å². The highest BCUT2D eigenvalue weighted by atomic mass is 35.5. The molecule has 2 unspecified atom stereocenters. The van der Waals surface area contributed by atoms with Gasteiger partial charge in [-0.25, -0.2) is 9.97 Å². The summed E-state index contributed by atoms with van der Waals surface area (Å²) in [5.41, 5.74) is 1.61. The summed E-state index contributed by atoms with van der Waals surface area (Å²) in [5, 5.41) is 19.0. The molecule has 3 N–H and O–H groups in total. The Labute approximate surface area is 90.7 Å². The number of aromatic nitrogens is 3. The summed E-state index contributed by atoms with van der Waals surface area (Å²) in [6.07, 6.45) is 0.990. The van der Waals surface area contributed by atoms with Crippen LogP contribution in [-0.2, 0) is 0 Å². The van der Waals surface area contributed by atoms with Crippen molar-refractivity contribution in [2.75, 3.05) is 5.88 Å². The normalized spacial score (nSPS) is 15.4. The van der Waals surface area contributed by atoms with E-state index >= 15 is 0 Å². The zero-order chi connectivity index (χ0) is 10.8. The first-order valence-electron chi connectivity index (χ1n) is 4.44. The van der Waals surface area contributed by atoms with E-state index in [2.05, 4.69) is 15.0 Å². The third-order valence-corrected chi connectivity index (χ3v) is 2.42. The molecular formula is C9H10ClN3O2. The Morgan fingerprint density at radius 3 is 3.00 bits per heavy atom. The summed E-state index contributed by atoms with van der Waals surface area (Å²) in [7, 11) is 0. The zero-order valence-corrected chi connectivity index (χ0v) is 8.52. The van der Waals surface area contributed by atoms with Gasteiger partial charge in [0.05, 0.1) is 23.9 Å². The van der Waals surface area contributed by atoms with Gasteiger partial charge in [-0.2, -0.15) is 0 Å². The van der Waals surface area contributed by atoms with E-state index < -0.39 is 12.2 Å². The van der Waals surface area contributed by atoms with Crippen LogP contribution in [0.2, 0.25) is 0 Å². The topological polar surface area (TPSA) is 82.0 Å². The molecule has 6 heteroatoms. The van der Waals surface area contributed by atoms with Crippen LogP contribution >= 0.6 is 11.6 Å². The fourth-order valence-corrected chi connectivity index (χ4v) is 1.44. The van der Waals surface area contributed by atoms with Crippen LogP contribution < -0.4 is 0 Å². The number of aliphatic hydroxyl groups excluding tert-OH is 2. The SMILES string of the molecule is OC(CCl)C(O)c1cnc2[nH]ccc2n1. The van der Waals surface area contributed by atoms with Crippen molar-refractivity contribution in [1.29, 1.82) is 0 Å². The molecule has 0 bridgehead atoms. The molecule has 0 spiro atoms. The molecule has 0 fully saturated rings. The second-order valence-corrected chi connectivity index (χ2v) is 3.48. The van der Waals surface area contributed by atoms with Crippen LogP contribution in [0.1, 0.15) is 11.8 Å². The largest absolute Gasteiger partial charge is 0.389 e. The van der Waals surface area contributed by atoms with E-state index in [1.54, 1.807) is 12.3 Å². The van der Waals surface area contributed by atoms with Gasteiger partial charge < -0.3 is 15.2 Å². The third-order valence-electron chi connectivity index (χ3n) is 2.10. The van der Waals surface area contributed by atoms with Crippen molar-refractivity contribution < 1.29 is 10.2 Å². The lowest BCUT2D eigenvalue weighted by atomic mass is 10.2. The Hall–Kier alpha value is -1.17. The number of H-pyrrole nitrogens is 1. The minimum absolute atomic E-state index is 0.0476. The number of fused-ring (bicyclic) bond motifs is 1. The first kappa shape index (κ1) is 10.4. The molecule has 0 amide bonds. The molecular weight excluding hydrogens is 218 g/mol. The monoisotopic (exact) mass is 227 g/mol. The van der Waals surface area contributed by atoms with E-state index in [9.17, 15) is 10.2 Å². The van der Waals surface area contributed by atoms with Crippen LogP contribution in [0.4, 0.5) is 0 Å². The lowest BCUT2D eigenvalue weighted by Crippen LogP contribution is -2.20. The third kappa shape index (κ3) is 1.94. The fourth-order valence-electron chi connectivity index (χ4n) is 1.27. The molecule has 0 saturated carbocycles. The molecule has 80 valence electrons. The molecule has 5 nitrogen and oxygen atoms in total. The lowest BCUT2D eigenvalue weighted by Gasteiger charge is -2.13. The van der Waals surface area contributed by atoms with Gasteiger partial charge in [0.2, 0.25) is 0 Å². The molecule has 0 aromatic carbocycles. The Morgan fingerprint density at radius 2 is 2.27 bits per heavy atom. The minimum Gasteiger partial charge on any atom is -0.389 e. The molecule has 0 aliphatic carbocycles. The summed E-state index contributed by atoms with van der Waals surface area (Å²) in [6, 6.07) is 1.74. The van der Waals surface area contributed by atoms with Crippen molar-refractivity contribution in [1.82, 2.24) is 15.0 Å². The maximum absolute atomic E-state index is 9.64. The highest BCUT2D eigenvalue weighted by Crippen LogP contribution is 2.17. The second-order valence-electron chi connectivity index (χ2n) is 3.17. The quantitative estimate of drug-likeness (QED) is 0.671. The van der Waals surface area contributed by atoms with Crippen LogP contribution in [0.15, 0.2) is 18.5 Å². The molecule has 0 radical (unpaired) electrons. The van der Waals surface area contributed by atoms with E-state index in [0.717, 1.165) is 0 Å². The van der Waals surface area contributed by atoms with Gasteiger partial charge in [0, 0.05) is 6.20 Å². The van der Waals surface area contributed by atoms with Gasteiger partial charge in [-0.15, -0.1) is 11.6 Å². The van der Waals surface area contributed by atoms with Crippen LogP contribution in [0.25, 0.3) is 11.2 Å². The average Bonchev–Trinajstić information content (AvgIpc) is 2.73. The van der Waals surface area contributed by atoms with Gasteiger partial charge in [-0.05, 0) is 6.07 Å². The predicted octanol–water partition coefficient (Wildman–Crippen LogP) is 0.591. The van der Waals surface area contributed by atoms with Gasteiger partial charge in [-0.1, -0.05) is 0 Å². The minimum atomic E-state index is -1.10. The number of nitrogens with zero attached hydrogens (tertiary/aromatic N) is 2. The summed E-state index contributed by atoms with van der Waals surface area (Å²) in [6.45, 7) is 0. The smallest absolute Gasteiger partial charge is 0.156 e. The first-order valence-corrected chi connectivity index (χ1v) is 4.98. The molecule has 2 heterocycles. The number of aromatic amines is 1. The fraction of sp³-hybridized carbons (Fsp3) is 0.333. The summed E-state index contributed by atoms with van der Waals surface area (Å²) < 4.78 is 0. The summed E-state index contributed by atoms with van der Waals surface area (Å²) >= 11 is 5.43. The summed E-state index contributed by atoms with van der Waals surface area (Å²) in [4.78, 5) is 11.1. The second kappa shape index (κ2) is 4.14. The van der Waals surface area contributed by atoms with Gasteiger partial charge in [-0.3, -0.25) is 0 Å². The summed E-state index contributed by atoms with van der Waals surface area (Å²) in [5.74, 6) is -0.0476. The molecule has 2 atom stereocenters. The molecule has 0 aliphatic rings. The Morgan fingerprint density at radius 1 is 1.47 bits per heavy atom. The van der Waals surface area contributed by atoms with Gasteiger partial charge >= 0.3 is 0 Å². The van der Waals surface area contributed by atoms with Crippen molar-refractivity contribution in [2.24, 2.45) is 0 Å². The molecule has 2 aromatic heterocycles. The van der Waals surface area contributed by atoms with E-state index in [0.29, 0.717) is 16.9 Å². The maximum Gasteiger partial charge on any atom is 0.156 e. The average molecular weight is 228 g/mol. The van der Waals surface area contributed by atoms with Crippen molar-refractivity contribution in [3.8, 4) is 0 Å². The molecule has 15 heavy (non-hydrogen) atoms. The Kier molecular flexibility index (Phi) is 2.86. The number of rotatable bonds is 3. The molecule has 2 aromatic rings. The predicted molar refractivity (Wildman–Crippen MR) is 55.6 cm³/mol. The lowest BCUT2D eigenvalue weighted by molar-refractivity contribution is 0.0300. The molecule has 0 aliphatic heterocycles. The van der Waals surface area contributed by atoms with Crippen molar-refractivity contribution >= 4 is 22.8 Å². The van der Waals surface area contributed by atoms with Crippen LogP contribution in [0, 0.1) is 0 Å². The number of aliphatic hydroxyl groups is 2. The van der Waals surface area contributed by atoms with Crippen LogP contribution in [0.3, 0.4) is 0 Å². The van der Waals surface area contributed by atoms with Crippen LogP contribution in [0.5, 0.6) is 0 Å². The van der Waals surface area contributed by atoms with Gasteiger partial charge in [0.1, 0.15) is 11.6 Å². The number of nitrogens with one attached hydrogen (secondary N) is 1.